The largest absolute Gasteiger partial charge is 0.352 e. The van der Waals surface area contributed by atoms with Crippen molar-refractivity contribution in [2.24, 2.45) is 0 Å². The standard InChI is InChI=1S/C17H15Cl2NO/c1-2-11-20-17(21)16(12-3-7-14(18)8-4-12)13-5-9-15(19)10-6-13/h2-10,16H,1,11H2,(H,20,21). The second-order valence-electron chi connectivity index (χ2n) is 4.57. The third-order valence-electron chi connectivity index (χ3n) is 3.09. The van der Waals surface area contributed by atoms with E-state index >= 15 is 0 Å². The summed E-state index contributed by atoms with van der Waals surface area (Å²) in [6.45, 7) is 4.04. The number of hydrogen-bond donors (Lipinski definition) is 1. The van der Waals surface area contributed by atoms with Crippen LogP contribution in [0.4, 0.5) is 0 Å². The zero-order valence-electron chi connectivity index (χ0n) is 11.4. The first-order valence-electron chi connectivity index (χ1n) is 6.51. The van der Waals surface area contributed by atoms with Crippen molar-refractivity contribution in [1.82, 2.24) is 5.32 Å². The van der Waals surface area contributed by atoms with Gasteiger partial charge in [0.25, 0.3) is 0 Å². The van der Waals surface area contributed by atoms with Gasteiger partial charge in [-0.2, -0.15) is 0 Å². The van der Waals surface area contributed by atoms with Crippen molar-refractivity contribution in [3.05, 3.63) is 82.4 Å². The third-order valence-corrected chi connectivity index (χ3v) is 3.59. The van der Waals surface area contributed by atoms with E-state index in [-0.39, 0.29) is 5.91 Å². The molecule has 2 nitrogen and oxygen atoms in total. The highest BCUT2D eigenvalue weighted by molar-refractivity contribution is 6.30. The van der Waals surface area contributed by atoms with Crippen LogP contribution in [0.3, 0.4) is 0 Å². The topological polar surface area (TPSA) is 29.1 Å². The zero-order chi connectivity index (χ0) is 15.2. The van der Waals surface area contributed by atoms with Gasteiger partial charge in [0, 0.05) is 16.6 Å². The van der Waals surface area contributed by atoms with Crippen LogP contribution in [0.5, 0.6) is 0 Å². The van der Waals surface area contributed by atoms with E-state index in [4.69, 9.17) is 23.2 Å². The second-order valence-corrected chi connectivity index (χ2v) is 5.44. The number of halogens is 2. The molecule has 0 aromatic heterocycles. The van der Waals surface area contributed by atoms with Gasteiger partial charge in [0.2, 0.25) is 5.91 Å². The van der Waals surface area contributed by atoms with E-state index in [0.717, 1.165) is 11.1 Å². The lowest BCUT2D eigenvalue weighted by Crippen LogP contribution is -2.30. The summed E-state index contributed by atoms with van der Waals surface area (Å²) in [7, 11) is 0. The molecule has 0 aliphatic heterocycles. The van der Waals surface area contributed by atoms with Crippen molar-refractivity contribution in [1.29, 1.82) is 0 Å². The number of carbonyl (C=O) groups is 1. The van der Waals surface area contributed by atoms with Crippen LogP contribution in [0, 0.1) is 0 Å². The van der Waals surface area contributed by atoms with Gasteiger partial charge in [0.05, 0.1) is 5.92 Å². The van der Waals surface area contributed by atoms with Gasteiger partial charge in [-0.25, -0.2) is 0 Å². The highest BCUT2D eigenvalue weighted by Crippen LogP contribution is 2.27. The molecule has 108 valence electrons. The molecule has 1 amide bonds. The lowest BCUT2D eigenvalue weighted by Gasteiger charge is -2.17. The molecule has 2 rings (SSSR count). The minimum absolute atomic E-state index is 0.0838. The van der Waals surface area contributed by atoms with Crippen LogP contribution in [0.15, 0.2) is 61.2 Å². The van der Waals surface area contributed by atoms with Crippen molar-refractivity contribution in [2.45, 2.75) is 5.92 Å². The molecule has 0 heterocycles. The first kappa shape index (κ1) is 15.6. The molecule has 0 radical (unpaired) electrons. The summed E-state index contributed by atoms with van der Waals surface area (Å²) >= 11 is 11.8. The lowest BCUT2D eigenvalue weighted by molar-refractivity contribution is -0.121. The zero-order valence-corrected chi connectivity index (χ0v) is 12.9. The predicted octanol–water partition coefficient (Wildman–Crippen LogP) is 4.43. The van der Waals surface area contributed by atoms with Crippen molar-refractivity contribution >= 4 is 29.1 Å². The summed E-state index contributed by atoms with van der Waals surface area (Å²) in [5, 5.41) is 4.11. The van der Waals surface area contributed by atoms with Gasteiger partial charge in [0.15, 0.2) is 0 Å². The molecule has 2 aromatic carbocycles. The Morgan fingerprint density at radius 1 is 1.00 bits per heavy atom. The molecule has 0 atom stereocenters. The number of hydrogen-bond acceptors (Lipinski definition) is 1. The van der Waals surface area contributed by atoms with Gasteiger partial charge in [0.1, 0.15) is 0 Å². The maximum absolute atomic E-state index is 12.4. The van der Waals surface area contributed by atoms with Gasteiger partial charge in [-0.1, -0.05) is 53.5 Å². The van der Waals surface area contributed by atoms with Crippen molar-refractivity contribution in [2.75, 3.05) is 6.54 Å². The Bertz CT molecular complexity index is 575. The van der Waals surface area contributed by atoms with E-state index in [1.54, 1.807) is 30.3 Å². The monoisotopic (exact) mass is 319 g/mol. The maximum atomic E-state index is 12.4. The fourth-order valence-electron chi connectivity index (χ4n) is 2.08. The summed E-state index contributed by atoms with van der Waals surface area (Å²) in [4.78, 5) is 12.4. The molecule has 0 spiro atoms. The number of benzene rings is 2. The maximum Gasteiger partial charge on any atom is 0.232 e. The summed E-state index contributed by atoms with van der Waals surface area (Å²) in [5.74, 6) is -0.487. The molecule has 0 fully saturated rings. The Labute approximate surface area is 134 Å². The van der Waals surface area contributed by atoms with Crippen molar-refractivity contribution < 1.29 is 4.79 Å². The Balaban J connectivity index is 2.38. The minimum Gasteiger partial charge on any atom is -0.352 e. The number of nitrogens with one attached hydrogen (secondary N) is 1. The highest BCUT2D eigenvalue weighted by Gasteiger charge is 2.22. The lowest BCUT2D eigenvalue weighted by atomic mass is 9.90. The van der Waals surface area contributed by atoms with E-state index in [9.17, 15) is 4.79 Å². The van der Waals surface area contributed by atoms with Crippen molar-refractivity contribution in [3.63, 3.8) is 0 Å². The summed E-state index contributed by atoms with van der Waals surface area (Å²) < 4.78 is 0. The van der Waals surface area contributed by atoms with Crippen LogP contribution in [0.1, 0.15) is 17.0 Å². The molecule has 0 bridgehead atoms. The molecule has 0 aliphatic rings. The molecule has 21 heavy (non-hydrogen) atoms. The van der Waals surface area contributed by atoms with Gasteiger partial charge in [-0.15, -0.1) is 6.58 Å². The SMILES string of the molecule is C=CCNC(=O)C(c1ccc(Cl)cc1)c1ccc(Cl)cc1. The third kappa shape index (κ3) is 4.10. The van der Waals surface area contributed by atoms with Crippen LogP contribution in [-0.2, 0) is 4.79 Å². The predicted molar refractivity (Wildman–Crippen MR) is 88.0 cm³/mol. The number of rotatable bonds is 5. The molecule has 0 saturated carbocycles. The van der Waals surface area contributed by atoms with Gasteiger partial charge in [-0.3, -0.25) is 4.79 Å². The van der Waals surface area contributed by atoms with E-state index < -0.39 is 5.92 Å². The van der Waals surface area contributed by atoms with Gasteiger partial charge < -0.3 is 5.32 Å². The van der Waals surface area contributed by atoms with E-state index in [1.165, 1.54) is 0 Å². The quantitative estimate of drug-likeness (QED) is 0.812. The molecular formula is C17H15Cl2NO. The first-order valence-corrected chi connectivity index (χ1v) is 7.27. The molecule has 4 heteroatoms. The number of carbonyl (C=O) groups excluding carboxylic acids is 1. The molecule has 2 aromatic rings. The normalized spacial score (nSPS) is 10.4. The van der Waals surface area contributed by atoms with Gasteiger partial charge >= 0.3 is 0 Å². The number of amides is 1. The van der Waals surface area contributed by atoms with E-state index in [2.05, 4.69) is 11.9 Å². The van der Waals surface area contributed by atoms with Crippen molar-refractivity contribution in [3.8, 4) is 0 Å². The Hall–Kier alpha value is -1.77. The van der Waals surface area contributed by atoms with Gasteiger partial charge in [-0.05, 0) is 35.4 Å². The fourth-order valence-corrected chi connectivity index (χ4v) is 2.33. The molecular weight excluding hydrogens is 305 g/mol. The van der Waals surface area contributed by atoms with Crippen LogP contribution in [0.25, 0.3) is 0 Å². The Kier molecular flexibility index (Phi) is 5.43. The van der Waals surface area contributed by atoms with Crippen LogP contribution >= 0.6 is 23.2 Å². The molecule has 0 aliphatic carbocycles. The summed E-state index contributed by atoms with van der Waals surface area (Å²) in [5.41, 5.74) is 1.76. The average Bonchev–Trinajstić information content (AvgIpc) is 2.49. The second kappa shape index (κ2) is 7.30. The van der Waals surface area contributed by atoms with Crippen LogP contribution < -0.4 is 5.32 Å². The van der Waals surface area contributed by atoms with E-state index in [1.807, 2.05) is 24.3 Å². The minimum atomic E-state index is -0.403. The highest BCUT2D eigenvalue weighted by atomic mass is 35.5. The molecule has 0 unspecified atom stereocenters. The Morgan fingerprint density at radius 2 is 1.43 bits per heavy atom. The Morgan fingerprint density at radius 3 is 1.81 bits per heavy atom. The van der Waals surface area contributed by atoms with Crippen LogP contribution in [-0.4, -0.2) is 12.5 Å². The summed E-state index contributed by atoms with van der Waals surface area (Å²) in [6, 6.07) is 14.5. The van der Waals surface area contributed by atoms with Crippen LogP contribution in [0.2, 0.25) is 10.0 Å². The van der Waals surface area contributed by atoms with E-state index in [0.29, 0.717) is 16.6 Å². The average molecular weight is 320 g/mol. The summed E-state index contributed by atoms with van der Waals surface area (Å²) in [6.07, 6.45) is 1.65. The first-order chi connectivity index (χ1) is 10.1. The fraction of sp³-hybridized carbons (Fsp3) is 0.118. The smallest absolute Gasteiger partial charge is 0.232 e. The molecule has 0 saturated heterocycles. The molecule has 1 N–H and O–H groups in total.